The zero-order valence-corrected chi connectivity index (χ0v) is 14.6. The van der Waals surface area contributed by atoms with Crippen LogP contribution in [0.25, 0.3) is 0 Å². The first kappa shape index (κ1) is 17.7. The average molecular weight is 385 g/mol. The van der Waals surface area contributed by atoms with Gasteiger partial charge in [-0.3, -0.25) is 0 Å². The number of hydrogen-bond acceptors (Lipinski definition) is 4. The number of carbonyl (C=O) groups is 1. The molecule has 0 spiro atoms. The van der Waals surface area contributed by atoms with Gasteiger partial charge in [0.1, 0.15) is 6.10 Å². The van der Waals surface area contributed by atoms with Crippen molar-refractivity contribution in [3.8, 4) is 6.01 Å². The largest absolute Gasteiger partial charge is 0.458 e. The topological polar surface area (TPSA) is 67.4 Å². The van der Waals surface area contributed by atoms with Crippen molar-refractivity contribution in [3.05, 3.63) is 46.5 Å². The van der Waals surface area contributed by atoms with Crippen LogP contribution in [0.2, 0.25) is 10.0 Å². The van der Waals surface area contributed by atoms with E-state index in [0.29, 0.717) is 28.8 Å². The highest BCUT2D eigenvalue weighted by Gasteiger charge is 2.25. The van der Waals surface area contributed by atoms with Crippen molar-refractivity contribution in [2.24, 2.45) is 0 Å². The molecule has 0 unspecified atom stereocenters. The molecule has 1 N–H and O–H groups in total. The fourth-order valence-corrected chi connectivity index (χ4v) is 2.80. The summed E-state index contributed by atoms with van der Waals surface area (Å²) in [5.74, 6) is -0.529. The standard InChI is InChI=1S/C16H15Cl2FN4O2/c17-13-4-3-11(6-14(13)18)22-16(24)23-5-1-2-12(9-23)25-15-20-7-10(19)8-21-15/h3-4,6-8,12H,1-2,5,9H2,(H,22,24)/t12-/m1/s1. The highest BCUT2D eigenvalue weighted by atomic mass is 35.5. The summed E-state index contributed by atoms with van der Waals surface area (Å²) in [6, 6.07) is 4.72. The predicted octanol–water partition coefficient (Wildman–Crippen LogP) is 4.00. The minimum Gasteiger partial charge on any atom is -0.458 e. The Kier molecular flexibility index (Phi) is 5.55. The molecule has 9 heteroatoms. The number of halogens is 3. The Balaban J connectivity index is 1.59. The number of carbonyl (C=O) groups excluding carboxylic acids is 1. The minimum atomic E-state index is -0.529. The Bertz CT molecular complexity index is 760. The van der Waals surface area contributed by atoms with E-state index >= 15 is 0 Å². The van der Waals surface area contributed by atoms with Crippen LogP contribution in [0.15, 0.2) is 30.6 Å². The van der Waals surface area contributed by atoms with Crippen molar-refractivity contribution in [1.82, 2.24) is 14.9 Å². The number of nitrogens with one attached hydrogen (secondary N) is 1. The van der Waals surface area contributed by atoms with Crippen LogP contribution in [0.4, 0.5) is 14.9 Å². The maximum Gasteiger partial charge on any atom is 0.321 e. The smallest absolute Gasteiger partial charge is 0.321 e. The molecule has 132 valence electrons. The summed E-state index contributed by atoms with van der Waals surface area (Å²) in [6.07, 6.45) is 3.37. The van der Waals surface area contributed by atoms with E-state index in [2.05, 4.69) is 15.3 Å². The van der Waals surface area contributed by atoms with E-state index in [4.69, 9.17) is 27.9 Å². The van der Waals surface area contributed by atoms with Gasteiger partial charge < -0.3 is 15.0 Å². The summed E-state index contributed by atoms with van der Waals surface area (Å²) in [6.45, 7) is 0.991. The molecule has 1 saturated heterocycles. The molecule has 3 rings (SSSR count). The van der Waals surface area contributed by atoms with E-state index in [0.717, 1.165) is 25.2 Å². The molecular formula is C16H15Cl2FN4O2. The fourth-order valence-electron chi connectivity index (χ4n) is 2.51. The number of hydrogen-bond donors (Lipinski definition) is 1. The first-order valence-corrected chi connectivity index (χ1v) is 8.42. The first-order valence-electron chi connectivity index (χ1n) is 7.66. The second-order valence-corrected chi connectivity index (χ2v) is 6.39. The quantitative estimate of drug-likeness (QED) is 0.868. The first-order chi connectivity index (χ1) is 12.0. The lowest BCUT2D eigenvalue weighted by Crippen LogP contribution is -2.46. The lowest BCUT2D eigenvalue weighted by molar-refractivity contribution is 0.0981. The van der Waals surface area contributed by atoms with Gasteiger partial charge in [0.25, 0.3) is 0 Å². The number of nitrogens with zero attached hydrogens (tertiary/aromatic N) is 3. The van der Waals surface area contributed by atoms with Gasteiger partial charge in [0.2, 0.25) is 0 Å². The van der Waals surface area contributed by atoms with Crippen LogP contribution in [0, 0.1) is 5.82 Å². The lowest BCUT2D eigenvalue weighted by Gasteiger charge is -2.32. The van der Waals surface area contributed by atoms with Gasteiger partial charge in [0, 0.05) is 12.2 Å². The van der Waals surface area contributed by atoms with E-state index in [1.54, 1.807) is 23.1 Å². The molecule has 25 heavy (non-hydrogen) atoms. The van der Waals surface area contributed by atoms with Crippen molar-refractivity contribution in [3.63, 3.8) is 0 Å². The number of rotatable bonds is 3. The van der Waals surface area contributed by atoms with Crippen molar-refractivity contribution in [2.45, 2.75) is 18.9 Å². The highest BCUT2D eigenvalue weighted by molar-refractivity contribution is 6.42. The molecule has 1 aromatic heterocycles. The SMILES string of the molecule is O=C(Nc1ccc(Cl)c(Cl)c1)N1CCC[C@@H](Oc2ncc(F)cn2)C1. The van der Waals surface area contributed by atoms with E-state index < -0.39 is 5.82 Å². The van der Waals surface area contributed by atoms with Gasteiger partial charge in [-0.1, -0.05) is 23.2 Å². The van der Waals surface area contributed by atoms with Gasteiger partial charge in [-0.05, 0) is 31.0 Å². The number of anilines is 1. The van der Waals surface area contributed by atoms with E-state index in [9.17, 15) is 9.18 Å². The fraction of sp³-hybridized carbons (Fsp3) is 0.312. The van der Waals surface area contributed by atoms with Gasteiger partial charge in [0.15, 0.2) is 5.82 Å². The Morgan fingerprint density at radius 1 is 1.28 bits per heavy atom. The summed E-state index contributed by atoms with van der Waals surface area (Å²) in [4.78, 5) is 21.6. The van der Waals surface area contributed by atoms with Crippen LogP contribution >= 0.6 is 23.2 Å². The average Bonchev–Trinajstić information content (AvgIpc) is 2.60. The molecule has 0 radical (unpaired) electrons. The van der Waals surface area contributed by atoms with E-state index in [-0.39, 0.29) is 18.1 Å². The third-order valence-corrected chi connectivity index (χ3v) is 4.44. The molecule has 1 aliphatic rings. The number of benzene rings is 1. The Hall–Kier alpha value is -2.12. The van der Waals surface area contributed by atoms with Crippen molar-refractivity contribution < 1.29 is 13.9 Å². The molecule has 0 bridgehead atoms. The van der Waals surface area contributed by atoms with Gasteiger partial charge >= 0.3 is 12.0 Å². The summed E-state index contributed by atoms with van der Waals surface area (Å²) < 4.78 is 18.5. The maximum atomic E-state index is 12.8. The highest BCUT2D eigenvalue weighted by Crippen LogP contribution is 2.25. The normalized spacial score (nSPS) is 17.2. The second kappa shape index (κ2) is 7.84. The third kappa shape index (κ3) is 4.70. The van der Waals surface area contributed by atoms with Crippen LogP contribution in [0.1, 0.15) is 12.8 Å². The number of likely N-dealkylation sites (tertiary alicyclic amines) is 1. The van der Waals surface area contributed by atoms with E-state index in [1.807, 2.05) is 0 Å². The molecule has 1 aliphatic heterocycles. The zero-order valence-electron chi connectivity index (χ0n) is 13.1. The molecule has 6 nitrogen and oxygen atoms in total. The molecule has 1 aromatic carbocycles. The molecule has 2 heterocycles. The van der Waals surface area contributed by atoms with E-state index in [1.165, 1.54) is 0 Å². The molecule has 1 fully saturated rings. The molecule has 2 aromatic rings. The van der Waals surface area contributed by atoms with Gasteiger partial charge in [0.05, 0.1) is 29.0 Å². The van der Waals surface area contributed by atoms with Crippen molar-refractivity contribution in [1.29, 1.82) is 0 Å². The monoisotopic (exact) mass is 384 g/mol. The number of urea groups is 1. The molecule has 0 aliphatic carbocycles. The molecule has 2 amide bonds. The minimum absolute atomic E-state index is 0.0955. The Morgan fingerprint density at radius 3 is 2.76 bits per heavy atom. The summed E-state index contributed by atoms with van der Waals surface area (Å²) >= 11 is 11.8. The Labute approximate surface area is 153 Å². The number of piperidine rings is 1. The van der Waals surface area contributed by atoms with Crippen LogP contribution in [0.5, 0.6) is 6.01 Å². The predicted molar refractivity (Wildman–Crippen MR) is 92.7 cm³/mol. The van der Waals surface area contributed by atoms with Crippen molar-refractivity contribution in [2.75, 3.05) is 18.4 Å². The summed E-state index contributed by atoms with van der Waals surface area (Å²) in [5.41, 5.74) is 0.560. The van der Waals surface area contributed by atoms with Crippen LogP contribution < -0.4 is 10.1 Å². The number of aromatic nitrogens is 2. The molecule has 1 atom stereocenters. The Morgan fingerprint density at radius 2 is 2.04 bits per heavy atom. The van der Waals surface area contributed by atoms with Crippen molar-refractivity contribution >= 4 is 34.9 Å². The van der Waals surface area contributed by atoms with Gasteiger partial charge in [-0.2, -0.15) is 0 Å². The number of ether oxygens (including phenoxy) is 1. The van der Waals surface area contributed by atoms with Crippen LogP contribution in [-0.4, -0.2) is 40.1 Å². The molecule has 0 saturated carbocycles. The summed E-state index contributed by atoms with van der Waals surface area (Å²) in [7, 11) is 0. The maximum absolute atomic E-state index is 12.8. The van der Waals surface area contributed by atoms with Gasteiger partial charge in [-0.25, -0.2) is 19.2 Å². The van der Waals surface area contributed by atoms with Crippen LogP contribution in [-0.2, 0) is 0 Å². The zero-order chi connectivity index (χ0) is 17.8. The third-order valence-electron chi connectivity index (χ3n) is 3.70. The van der Waals surface area contributed by atoms with Crippen LogP contribution in [0.3, 0.4) is 0 Å². The number of amides is 2. The summed E-state index contributed by atoms with van der Waals surface area (Å²) in [5, 5.41) is 3.57. The van der Waals surface area contributed by atoms with Gasteiger partial charge in [-0.15, -0.1) is 0 Å². The molecular weight excluding hydrogens is 370 g/mol. The second-order valence-electron chi connectivity index (χ2n) is 5.57. The lowest BCUT2D eigenvalue weighted by atomic mass is 10.1.